The largest absolute Gasteiger partial charge is 0.362 e. The van der Waals surface area contributed by atoms with Crippen LogP contribution in [0.3, 0.4) is 0 Å². The summed E-state index contributed by atoms with van der Waals surface area (Å²) in [4.78, 5) is 16.5. The number of hydrogen-bond acceptors (Lipinski definition) is 2. The molecule has 0 atom stereocenters. The fraction of sp³-hybridized carbons (Fsp3) is 0.278. The molecule has 2 aromatic rings. The summed E-state index contributed by atoms with van der Waals surface area (Å²) in [5.41, 5.74) is 2.03. The lowest BCUT2D eigenvalue weighted by atomic mass is 10.2. The van der Waals surface area contributed by atoms with Gasteiger partial charge in [0.05, 0.1) is 6.54 Å². The first-order valence-electron chi connectivity index (χ1n) is 7.41. The van der Waals surface area contributed by atoms with Crippen LogP contribution in [0.2, 0.25) is 0 Å². The fourth-order valence-corrected chi connectivity index (χ4v) is 2.38. The van der Waals surface area contributed by atoms with Gasteiger partial charge < -0.3 is 9.80 Å². The minimum Gasteiger partial charge on any atom is -0.362 e. The first-order chi connectivity index (χ1) is 10.3. The standard InChI is InChI=1S/C18H22N2O/c1-3-19(16-11-7-5-8-12-16)15-18(21)20(4-2)17-13-9-6-10-14-17/h5-14H,3-4,15H2,1-2H3. The second-order valence-corrected chi connectivity index (χ2v) is 4.82. The molecule has 0 saturated carbocycles. The molecule has 0 N–H and O–H groups in total. The van der Waals surface area contributed by atoms with E-state index in [1.165, 1.54) is 0 Å². The summed E-state index contributed by atoms with van der Waals surface area (Å²) in [6.07, 6.45) is 0. The van der Waals surface area contributed by atoms with Crippen molar-refractivity contribution in [1.82, 2.24) is 0 Å². The van der Waals surface area contributed by atoms with Crippen LogP contribution in [0.5, 0.6) is 0 Å². The molecule has 0 heterocycles. The van der Waals surface area contributed by atoms with Gasteiger partial charge >= 0.3 is 0 Å². The van der Waals surface area contributed by atoms with Crippen molar-refractivity contribution in [3.05, 3.63) is 60.7 Å². The molecule has 0 fully saturated rings. The number of benzene rings is 2. The molecule has 3 heteroatoms. The zero-order valence-corrected chi connectivity index (χ0v) is 12.7. The Bertz CT molecular complexity index is 554. The highest BCUT2D eigenvalue weighted by Gasteiger charge is 2.17. The van der Waals surface area contributed by atoms with Gasteiger partial charge in [0, 0.05) is 24.5 Å². The van der Waals surface area contributed by atoms with Crippen LogP contribution in [0.1, 0.15) is 13.8 Å². The summed E-state index contributed by atoms with van der Waals surface area (Å²) >= 11 is 0. The van der Waals surface area contributed by atoms with Gasteiger partial charge in [-0.2, -0.15) is 0 Å². The van der Waals surface area contributed by atoms with Gasteiger partial charge in [-0.15, -0.1) is 0 Å². The molecule has 0 radical (unpaired) electrons. The zero-order chi connectivity index (χ0) is 15.1. The SMILES string of the molecule is CCN(CC(=O)N(CC)c1ccccc1)c1ccccc1. The average Bonchev–Trinajstić information content (AvgIpc) is 2.55. The molecule has 0 unspecified atom stereocenters. The van der Waals surface area contributed by atoms with Gasteiger partial charge in [-0.25, -0.2) is 0 Å². The van der Waals surface area contributed by atoms with Crippen molar-refractivity contribution in [2.45, 2.75) is 13.8 Å². The molecule has 21 heavy (non-hydrogen) atoms. The topological polar surface area (TPSA) is 23.6 Å². The van der Waals surface area contributed by atoms with Gasteiger partial charge in [-0.05, 0) is 38.1 Å². The highest BCUT2D eigenvalue weighted by Crippen LogP contribution is 2.16. The Morgan fingerprint density at radius 2 is 1.33 bits per heavy atom. The molecule has 0 aliphatic carbocycles. The third-order valence-corrected chi connectivity index (χ3v) is 3.51. The predicted octanol–water partition coefficient (Wildman–Crippen LogP) is 3.57. The van der Waals surface area contributed by atoms with Crippen LogP contribution in [-0.2, 0) is 4.79 Å². The molecular weight excluding hydrogens is 260 g/mol. The number of para-hydroxylation sites is 2. The van der Waals surface area contributed by atoms with Crippen molar-refractivity contribution in [1.29, 1.82) is 0 Å². The maximum atomic E-state index is 12.6. The number of anilines is 2. The van der Waals surface area contributed by atoms with Crippen molar-refractivity contribution in [3.8, 4) is 0 Å². The van der Waals surface area contributed by atoms with Crippen LogP contribution in [0.15, 0.2) is 60.7 Å². The molecule has 2 aromatic carbocycles. The Labute approximate surface area is 126 Å². The van der Waals surface area contributed by atoms with Crippen molar-refractivity contribution < 1.29 is 4.79 Å². The molecule has 0 bridgehead atoms. The fourth-order valence-electron chi connectivity index (χ4n) is 2.38. The number of carbonyl (C=O) groups excluding carboxylic acids is 1. The summed E-state index contributed by atoms with van der Waals surface area (Å²) in [6.45, 7) is 5.95. The predicted molar refractivity (Wildman–Crippen MR) is 88.8 cm³/mol. The van der Waals surface area contributed by atoms with Crippen molar-refractivity contribution >= 4 is 17.3 Å². The summed E-state index contributed by atoms with van der Waals surface area (Å²) in [7, 11) is 0. The van der Waals surface area contributed by atoms with Gasteiger partial charge in [0.1, 0.15) is 0 Å². The quantitative estimate of drug-likeness (QED) is 0.808. The molecule has 110 valence electrons. The van der Waals surface area contributed by atoms with Crippen LogP contribution in [0.4, 0.5) is 11.4 Å². The monoisotopic (exact) mass is 282 g/mol. The van der Waals surface area contributed by atoms with Gasteiger partial charge in [0.15, 0.2) is 0 Å². The maximum Gasteiger partial charge on any atom is 0.246 e. The zero-order valence-electron chi connectivity index (χ0n) is 12.7. The van der Waals surface area contributed by atoms with Crippen molar-refractivity contribution in [2.24, 2.45) is 0 Å². The number of rotatable bonds is 6. The molecule has 0 spiro atoms. The van der Waals surface area contributed by atoms with Crippen LogP contribution in [-0.4, -0.2) is 25.5 Å². The van der Waals surface area contributed by atoms with E-state index in [2.05, 4.69) is 11.8 Å². The van der Waals surface area contributed by atoms with E-state index in [1.54, 1.807) is 0 Å². The van der Waals surface area contributed by atoms with E-state index in [9.17, 15) is 4.79 Å². The number of hydrogen-bond donors (Lipinski definition) is 0. The second-order valence-electron chi connectivity index (χ2n) is 4.82. The minimum absolute atomic E-state index is 0.120. The van der Waals surface area contributed by atoms with Gasteiger partial charge in [-0.1, -0.05) is 36.4 Å². The molecular formula is C18H22N2O. The molecule has 0 aromatic heterocycles. The van der Waals surface area contributed by atoms with Crippen molar-refractivity contribution in [2.75, 3.05) is 29.4 Å². The molecule has 2 rings (SSSR count). The van der Waals surface area contributed by atoms with E-state index in [4.69, 9.17) is 0 Å². The summed E-state index contributed by atoms with van der Waals surface area (Å²) in [6, 6.07) is 19.9. The number of carbonyl (C=O) groups is 1. The van der Waals surface area contributed by atoms with E-state index < -0.39 is 0 Å². The maximum absolute atomic E-state index is 12.6. The van der Waals surface area contributed by atoms with Gasteiger partial charge in [0.25, 0.3) is 0 Å². The lowest BCUT2D eigenvalue weighted by Gasteiger charge is -2.27. The Kier molecular flexibility index (Phi) is 5.38. The average molecular weight is 282 g/mol. The van der Waals surface area contributed by atoms with Gasteiger partial charge in [0.2, 0.25) is 5.91 Å². The summed E-state index contributed by atoms with van der Waals surface area (Å²) < 4.78 is 0. The van der Waals surface area contributed by atoms with E-state index in [1.807, 2.05) is 72.5 Å². The smallest absolute Gasteiger partial charge is 0.246 e. The Balaban J connectivity index is 2.11. The third kappa shape index (κ3) is 3.85. The number of likely N-dealkylation sites (N-methyl/N-ethyl adjacent to an activating group) is 2. The molecule has 3 nitrogen and oxygen atoms in total. The Morgan fingerprint density at radius 1 is 0.810 bits per heavy atom. The summed E-state index contributed by atoms with van der Waals surface area (Å²) in [5, 5.41) is 0. The first-order valence-corrected chi connectivity index (χ1v) is 7.41. The molecule has 1 amide bonds. The van der Waals surface area contributed by atoms with E-state index in [-0.39, 0.29) is 5.91 Å². The second kappa shape index (κ2) is 7.48. The van der Waals surface area contributed by atoms with E-state index in [0.717, 1.165) is 17.9 Å². The number of nitrogens with zero attached hydrogens (tertiary/aromatic N) is 2. The van der Waals surface area contributed by atoms with Gasteiger partial charge in [-0.3, -0.25) is 4.79 Å². The Morgan fingerprint density at radius 3 is 1.81 bits per heavy atom. The van der Waals surface area contributed by atoms with Crippen LogP contribution in [0.25, 0.3) is 0 Å². The molecule has 0 aliphatic heterocycles. The number of amides is 1. The lowest BCUT2D eigenvalue weighted by molar-refractivity contribution is -0.117. The molecule has 0 saturated heterocycles. The molecule has 0 aliphatic rings. The first kappa shape index (κ1) is 15.1. The van der Waals surface area contributed by atoms with E-state index >= 15 is 0 Å². The lowest BCUT2D eigenvalue weighted by Crippen LogP contribution is -2.40. The van der Waals surface area contributed by atoms with Crippen LogP contribution < -0.4 is 9.80 Å². The minimum atomic E-state index is 0.120. The highest BCUT2D eigenvalue weighted by atomic mass is 16.2. The normalized spacial score (nSPS) is 10.2. The Hall–Kier alpha value is -2.29. The van der Waals surface area contributed by atoms with Crippen LogP contribution >= 0.6 is 0 Å². The van der Waals surface area contributed by atoms with E-state index in [0.29, 0.717) is 13.1 Å². The summed E-state index contributed by atoms with van der Waals surface area (Å²) in [5.74, 6) is 0.120. The highest BCUT2D eigenvalue weighted by molar-refractivity contribution is 5.96. The third-order valence-electron chi connectivity index (χ3n) is 3.51. The van der Waals surface area contributed by atoms with Crippen LogP contribution in [0, 0.1) is 0 Å². The van der Waals surface area contributed by atoms with Crippen molar-refractivity contribution in [3.63, 3.8) is 0 Å².